The van der Waals surface area contributed by atoms with Crippen LogP contribution in [0, 0.1) is 10.1 Å². The van der Waals surface area contributed by atoms with Gasteiger partial charge < -0.3 is 5.11 Å². The van der Waals surface area contributed by atoms with E-state index in [2.05, 4.69) is 4.72 Å². The summed E-state index contributed by atoms with van der Waals surface area (Å²) in [5.74, 6) is 0.366. The molecule has 9 heteroatoms. The van der Waals surface area contributed by atoms with Crippen LogP contribution in [0.25, 0.3) is 0 Å². The molecule has 0 amide bonds. The summed E-state index contributed by atoms with van der Waals surface area (Å²) < 4.78 is 26.3. The maximum atomic E-state index is 12.0. The van der Waals surface area contributed by atoms with Crippen LogP contribution in [0.4, 0.5) is 5.69 Å². The van der Waals surface area contributed by atoms with Gasteiger partial charge in [0.15, 0.2) is 0 Å². The average molecular weight is 320 g/mol. The molecule has 0 bridgehead atoms. The molecule has 0 radical (unpaired) electrons. The molecule has 1 aromatic rings. The van der Waals surface area contributed by atoms with Crippen LogP contribution < -0.4 is 4.72 Å². The van der Waals surface area contributed by atoms with Gasteiger partial charge in [0.25, 0.3) is 5.69 Å². The summed E-state index contributed by atoms with van der Waals surface area (Å²) in [5, 5.41) is 20.5. The van der Waals surface area contributed by atoms with E-state index in [-0.39, 0.29) is 17.1 Å². The standard InChI is InChI=1S/C11H16N2O5S2/c1-11(14,8-19-2)7-12-20(17,18)10-5-3-4-9(6-10)13(15)16/h3-6,12,14H,7-8H2,1-2H3. The van der Waals surface area contributed by atoms with E-state index in [1.54, 1.807) is 6.26 Å². The number of thioether (sulfide) groups is 1. The van der Waals surface area contributed by atoms with Gasteiger partial charge in [0.2, 0.25) is 10.0 Å². The highest BCUT2D eigenvalue weighted by molar-refractivity contribution is 7.98. The largest absolute Gasteiger partial charge is 0.388 e. The minimum absolute atomic E-state index is 0.168. The number of nitro benzene ring substituents is 1. The summed E-state index contributed by atoms with van der Waals surface area (Å²) in [5.41, 5.74) is -1.49. The summed E-state index contributed by atoms with van der Waals surface area (Å²) in [7, 11) is -3.89. The first-order chi connectivity index (χ1) is 9.18. The molecule has 0 saturated carbocycles. The molecule has 1 rings (SSSR count). The normalized spacial score (nSPS) is 14.8. The van der Waals surface area contributed by atoms with Crippen LogP contribution in [-0.2, 0) is 10.0 Å². The topological polar surface area (TPSA) is 110 Å². The van der Waals surface area contributed by atoms with Gasteiger partial charge in [-0.2, -0.15) is 11.8 Å². The van der Waals surface area contributed by atoms with E-state index < -0.39 is 20.5 Å². The second-order valence-electron chi connectivity index (χ2n) is 4.51. The summed E-state index contributed by atoms with van der Waals surface area (Å²) in [6.07, 6.45) is 1.80. The van der Waals surface area contributed by atoms with E-state index >= 15 is 0 Å². The van der Waals surface area contributed by atoms with Crippen molar-refractivity contribution in [2.24, 2.45) is 0 Å². The van der Waals surface area contributed by atoms with E-state index in [1.807, 2.05) is 0 Å². The molecule has 1 atom stereocenters. The lowest BCUT2D eigenvalue weighted by molar-refractivity contribution is -0.385. The van der Waals surface area contributed by atoms with Gasteiger partial charge in [-0.25, -0.2) is 13.1 Å². The number of hydrogen-bond acceptors (Lipinski definition) is 6. The first-order valence-electron chi connectivity index (χ1n) is 5.63. The zero-order valence-corrected chi connectivity index (χ0v) is 12.7. The number of nitro groups is 1. The molecule has 112 valence electrons. The van der Waals surface area contributed by atoms with Gasteiger partial charge >= 0.3 is 0 Å². The summed E-state index contributed by atoms with van der Waals surface area (Å²) >= 11 is 1.39. The predicted molar refractivity (Wildman–Crippen MR) is 77.3 cm³/mol. The minimum Gasteiger partial charge on any atom is -0.388 e. The maximum Gasteiger partial charge on any atom is 0.270 e. The molecule has 0 spiro atoms. The Bertz CT molecular complexity index is 586. The first-order valence-corrected chi connectivity index (χ1v) is 8.51. The van der Waals surface area contributed by atoms with E-state index in [0.29, 0.717) is 5.75 Å². The smallest absolute Gasteiger partial charge is 0.270 e. The average Bonchev–Trinajstić information content (AvgIpc) is 2.37. The quantitative estimate of drug-likeness (QED) is 0.572. The van der Waals surface area contributed by atoms with Crippen molar-refractivity contribution in [3.05, 3.63) is 34.4 Å². The lowest BCUT2D eigenvalue weighted by Crippen LogP contribution is -2.42. The van der Waals surface area contributed by atoms with Crippen molar-refractivity contribution < 1.29 is 18.4 Å². The SMILES string of the molecule is CSCC(C)(O)CNS(=O)(=O)c1cccc([N+](=O)[O-])c1. The van der Waals surface area contributed by atoms with Gasteiger partial charge in [-0.1, -0.05) is 6.07 Å². The highest BCUT2D eigenvalue weighted by Crippen LogP contribution is 2.18. The Morgan fingerprint density at radius 2 is 2.15 bits per heavy atom. The van der Waals surface area contributed by atoms with Crippen molar-refractivity contribution in [2.75, 3.05) is 18.6 Å². The monoisotopic (exact) mass is 320 g/mol. The first kappa shape index (κ1) is 16.9. The second kappa shape index (κ2) is 6.53. The number of nitrogens with one attached hydrogen (secondary N) is 1. The van der Waals surface area contributed by atoms with Gasteiger partial charge in [0.05, 0.1) is 15.4 Å². The molecule has 0 aliphatic heterocycles. The molecule has 7 nitrogen and oxygen atoms in total. The molecule has 1 unspecified atom stereocenters. The van der Waals surface area contributed by atoms with Crippen molar-refractivity contribution in [3.8, 4) is 0 Å². The fraction of sp³-hybridized carbons (Fsp3) is 0.455. The Kier molecular flexibility index (Phi) is 5.51. The number of rotatable bonds is 7. The van der Waals surface area contributed by atoms with Gasteiger partial charge in [0, 0.05) is 24.4 Å². The van der Waals surface area contributed by atoms with Gasteiger partial charge in [0.1, 0.15) is 0 Å². The highest BCUT2D eigenvalue weighted by Gasteiger charge is 2.24. The van der Waals surface area contributed by atoms with Crippen molar-refractivity contribution >= 4 is 27.5 Å². The fourth-order valence-corrected chi connectivity index (χ4v) is 3.39. The van der Waals surface area contributed by atoms with Crippen molar-refractivity contribution in [2.45, 2.75) is 17.4 Å². The number of non-ortho nitro benzene ring substituents is 1. The van der Waals surface area contributed by atoms with Crippen molar-refractivity contribution in [1.29, 1.82) is 0 Å². The van der Waals surface area contributed by atoms with Crippen molar-refractivity contribution in [3.63, 3.8) is 0 Å². The maximum absolute atomic E-state index is 12.0. The van der Waals surface area contributed by atoms with Crippen LogP contribution in [0.3, 0.4) is 0 Å². The Balaban J connectivity index is 2.89. The summed E-state index contributed by atoms with van der Waals surface area (Å²) in [6, 6.07) is 4.75. The van der Waals surface area contributed by atoms with Gasteiger partial charge in [-0.3, -0.25) is 10.1 Å². The van der Waals surface area contributed by atoms with Gasteiger partial charge in [-0.15, -0.1) is 0 Å². The molecule has 0 aliphatic rings. The third kappa shape index (κ3) is 4.75. The highest BCUT2D eigenvalue weighted by atomic mass is 32.2. The van der Waals surface area contributed by atoms with Crippen molar-refractivity contribution in [1.82, 2.24) is 4.72 Å². The summed E-state index contributed by atoms with van der Waals surface area (Å²) in [4.78, 5) is 9.76. The Morgan fingerprint density at radius 1 is 1.50 bits per heavy atom. The number of benzene rings is 1. The molecule has 1 aromatic carbocycles. The van der Waals surface area contributed by atoms with Crippen LogP contribution in [0.1, 0.15) is 6.92 Å². The molecule has 20 heavy (non-hydrogen) atoms. The molecular formula is C11H16N2O5S2. The zero-order chi connectivity index (χ0) is 15.4. The molecule has 0 aliphatic carbocycles. The van der Waals surface area contributed by atoms with Crippen LogP contribution in [0.15, 0.2) is 29.2 Å². The summed E-state index contributed by atoms with van der Waals surface area (Å²) in [6.45, 7) is 1.35. The molecule has 0 aromatic heterocycles. The van der Waals surface area contributed by atoms with Gasteiger partial charge in [-0.05, 0) is 19.2 Å². The van der Waals surface area contributed by atoms with E-state index in [0.717, 1.165) is 6.07 Å². The molecule has 0 saturated heterocycles. The third-order valence-corrected chi connectivity index (χ3v) is 4.75. The van der Waals surface area contributed by atoms with Crippen LogP contribution in [0.2, 0.25) is 0 Å². The Morgan fingerprint density at radius 3 is 2.70 bits per heavy atom. The van der Waals surface area contributed by atoms with E-state index in [1.165, 1.54) is 36.9 Å². The molecule has 0 fully saturated rings. The molecule has 0 heterocycles. The van der Waals surface area contributed by atoms with Crippen LogP contribution >= 0.6 is 11.8 Å². The Hall–Kier alpha value is -1.16. The fourth-order valence-electron chi connectivity index (χ4n) is 1.46. The Labute approximate surface area is 121 Å². The lowest BCUT2D eigenvalue weighted by atomic mass is 10.1. The number of hydrogen-bond donors (Lipinski definition) is 2. The zero-order valence-electron chi connectivity index (χ0n) is 11.1. The predicted octanol–water partition coefficient (Wildman–Crippen LogP) is 0.987. The third-order valence-electron chi connectivity index (χ3n) is 2.44. The number of nitrogens with zero attached hydrogens (tertiary/aromatic N) is 1. The van der Waals surface area contributed by atoms with Crippen LogP contribution in [0.5, 0.6) is 0 Å². The number of aliphatic hydroxyl groups is 1. The second-order valence-corrected chi connectivity index (χ2v) is 7.14. The van der Waals surface area contributed by atoms with Crippen LogP contribution in [-0.4, -0.2) is 42.6 Å². The molecular weight excluding hydrogens is 304 g/mol. The van der Waals surface area contributed by atoms with E-state index in [9.17, 15) is 23.6 Å². The molecule has 2 N–H and O–H groups in total. The number of sulfonamides is 1. The van der Waals surface area contributed by atoms with E-state index in [4.69, 9.17) is 0 Å². The minimum atomic E-state index is -3.89. The lowest BCUT2D eigenvalue weighted by Gasteiger charge is -2.22.